The zero-order valence-electron chi connectivity index (χ0n) is 10.3. The molecule has 0 unspecified atom stereocenters. The number of nitrogens with zero attached hydrogens (tertiary/aromatic N) is 1. The Morgan fingerprint density at radius 2 is 1.94 bits per heavy atom. The highest BCUT2D eigenvalue weighted by molar-refractivity contribution is 6.30. The molecule has 0 saturated heterocycles. The molecule has 1 aromatic rings. The number of carbonyl (C=O) groups is 1. The van der Waals surface area contributed by atoms with E-state index in [1.165, 1.54) is 12.7 Å². The van der Waals surface area contributed by atoms with Crippen LogP contribution in [-0.2, 0) is 16.0 Å². The first kappa shape index (κ1) is 14.0. The number of hydrogen-bond acceptors (Lipinski definition) is 3. The smallest absolute Gasteiger partial charge is 0.306 e. The monoisotopic (exact) mass is 255 g/mol. The van der Waals surface area contributed by atoms with Gasteiger partial charge in [-0.25, -0.2) is 0 Å². The Balaban J connectivity index is 2.25. The van der Waals surface area contributed by atoms with Crippen LogP contribution in [0.3, 0.4) is 0 Å². The first-order valence-electron chi connectivity index (χ1n) is 5.61. The number of ether oxygens (including phenoxy) is 1. The van der Waals surface area contributed by atoms with Gasteiger partial charge in [-0.05, 0) is 31.2 Å². The highest BCUT2D eigenvalue weighted by Gasteiger charge is 2.04. The lowest BCUT2D eigenvalue weighted by Gasteiger charge is -2.15. The number of likely N-dealkylation sites (N-methyl/N-ethyl adjacent to an activating group) is 1. The van der Waals surface area contributed by atoms with Gasteiger partial charge in [-0.3, -0.25) is 4.79 Å². The summed E-state index contributed by atoms with van der Waals surface area (Å²) >= 11 is 5.81. The van der Waals surface area contributed by atoms with Crippen molar-refractivity contribution in [1.82, 2.24) is 4.90 Å². The second-order valence-electron chi connectivity index (χ2n) is 4.01. The Morgan fingerprint density at radius 1 is 1.29 bits per heavy atom. The maximum Gasteiger partial charge on any atom is 0.306 e. The Kier molecular flexibility index (Phi) is 6.01. The fourth-order valence-electron chi connectivity index (χ4n) is 1.47. The Bertz CT molecular complexity index is 351. The van der Waals surface area contributed by atoms with Crippen LogP contribution in [0.4, 0.5) is 0 Å². The van der Waals surface area contributed by atoms with Gasteiger partial charge in [-0.15, -0.1) is 0 Å². The van der Waals surface area contributed by atoms with Crippen LogP contribution in [-0.4, -0.2) is 38.1 Å². The van der Waals surface area contributed by atoms with Gasteiger partial charge in [0.15, 0.2) is 0 Å². The molecule has 0 aromatic heterocycles. The van der Waals surface area contributed by atoms with Gasteiger partial charge in [0, 0.05) is 18.1 Å². The van der Waals surface area contributed by atoms with Gasteiger partial charge in [-0.2, -0.15) is 0 Å². The molecule has 0 N–H and O–H groups in total. The summed E-state index contributed by atoms with van der Waals surface area (Å²) in [6.45, 7) is 1.64. The molecule has 1 rings (SSSR count). The summed E-state index contributed by atoms with van der Waals surface area (Å²) in [5, 5.41) is 0.757. The number of halogens is 1. The molecule has 17 heavy (non-hydrogen) atoms. The second-order valence-corrected chi connectivity index (χ2v) is 4.44. The quantitative estimate of drug-likeness (QED) is 0.731. The number of methoxy groups -OCH3 is 1. The summed E-state index contributed by atoms with van der Waals surface area (Å²) in [5.74, 6) is -0.164. The summed E-state index contributed by atoms with van der Waals surface area (Å²) in [6, 6.07) is 7.84. The Labute approximate surface area is 107 Å². The molecule has 0 heterocycles. The largest absolute Gasteiger partial charge is 0.469 e. The standard InChI is InChI=1S/C13H18ClNO2/c1-15(10-8-13(16)17-2)9-7-11-3-5-12(14)6-4-11/h3-6H,7-10H2,1-2H3. The van der Waals surface area contributed by atoms with Crippen LogP contribution in [0.5, 0.6) is 0 Å². The summed E-state index contributed by atoms with van der Waals surface area (Å²) in [6.07, 6.45) is 1.39. The second kappa shape index (κ2) is 7.30. The number of benzene rings is 1. The molecule has 4 heteroatoms. The normalized spacial score (nSPS) is 10.6. The van der Waals surface area contributed by atoms with Crippen molar-refractivity contribution in [1.29, 1.82) is 0 Å². The minimum Gasteiger partial charge on any atom is -0.469 e. The van der Waals surface area contributed by atoms with Crippen LogP contribution < -0.4 is 0 Å². The number of esters is 1. The summed E-state index contributed by atoms with van der Waals surface area (Å²) < 4.78 is 4.60. The zero-order valence-corrected chi connectivity index (χ0v) is 11.0. The van der Waals surface area contributed by atoms with Crippen LogP contribution >= 0.6 is 11.6 Å². The third-order valence-corrected chi connectivity index (χ3v) is 2.87. The van der Waals surface area contributed by atoms with Crippen LogP contribution in [0.25, 0.3) is 0 Å². The molecule has 0 aliphatic carbocycles. The van der Waals surface area contributed by atoms with Crippen LogP contribution in [0.15, 0.2) is 24.3 Å². The van der Waals surface area contributed by atoms with Crippen molar-refractivity contribution in [3.05, 3.63) is 34.9 Å². The minimum atomic E-state index is -0.164. The average Bonchev–Trinajstić information content (AvgIpc) is 2.35. The fraction of sp³-hybridized carbons (Fsp3) is 0.462. The third kappa shape index (κ3) is 5.71. The van der Waals surface area contributed by atoms with Crippen LogP contribution in [0.1, 0.15) is 12.0 Å². The summed E-state index contributed by atoms with van der Waals surface area (Å²) in [4.78, 5) is 13.1. The van der Waals surface area contributed by atoms with Crippen LogP contribution in [0, 0.1) is 0 Å². The first-order valence-corrected chi connectivity index (χ1v) is 5.99. The molecule has 0 amide bonds. The van der Waals surface area contributed by atoms with Gasteiger partial charge in [0.25, 0.3) is 0 Å². The van der Waals surface area contributed by atoms with E-state index in [1.54, 1.807) is 0 Å². The molecule has 3 nitrogen and oxygen atoms in total. The number of hydrogen-bond donors (Lipinski definition) is 0. The van der Waals surface area contributed by atoms with Crippen LogP contribution in [0.2, 0.25) is 5.02 Å². The maximum atomic E-state index is 11.0. The van der Waals surface area contributed by atoms with Gasteiger partial charge in [0.05, 0.1) is 13.5 Å². The lowest BCUT2D eigenvalue weighted by Crippen LogP contribution is -2.24. The highest BCUT2D eigenvalue weighted by Crippen LogP contribution is 2.10. The molecule has 0 aliphatic heterocycles. The molecule has 0 bridgehead atoms. The van der Waals surface area contributed by atoms with E-state index < -0.39 is 0 Å². The van der Waals surface area contributed by atoms with Gasteiger partial charge < -0.3 is 9.64 Å². The fourth-order valence-corrected chi connectivity index (χ4v) is 1.59. The van der Waals surface area contributed by atoms with E-state index in [2.05, 4.69) is 9.64 Å². The van der Waals surface area contributed by atoms with E-state index >= 15 is 0 Å². The molecule has 1 aromatic carbocycles. The van der Waals surface area contributed by atoms with Crippen molar-refractivity contribution in [2.24, 2.45) is 0 Å². The SMILES string of the molecule is COC(=O)CCN(C)CCc1ccc(Cl)cc1. The zero-order chi connectivity index (χ0) is 12.7. The number of carbonyl (C=O) groups excluding carboxylic acids is 1. The van der Waals surface area contributed by atoms with Crippen molar-refractivity contribution < 1.29 is 9.53 Å². The molecular formula is C13H18ClNO2. The molecule has 0 radical (unpaired) electrons. The van der Waals surface area contributed by atoms with Gasteiger partial charge in [0.1, 0.15) is 0 Å². The van der Waals surface area contributed by atoms with E-state index in [9.17, 15) is 4.79 Å². The molecule has 0 spiro atoms. The van der Waals surface area contributed by atoms with E-state index in [4.69, 9.17) is 11.6 Å². The summed E-state index contributed by atoms with van der Waals surface area (Å²) in [7, 11) is 3.41. The van der Waals surface area contributed by atoms with Crippen molar-refractivity contribution in [2.75, 3.05) is 27.2 Å². The van der Waals surface area contributed by atoms with E-state index in [-0.39, 0.29) is 5.97 Å². The average molecular weight is 256 g/mol. The van der Waals surface area contributed by atoms with Crippen molar-refractivity contribution in [2.45, 2.75) is 12.8 Å². The predicted octanol–water partition coefficient (Wildman–Crippen LogP) is 2.38. The Morgan fingerprint density at radius 3 is 2.53 bits per heavy atom. The topological polar surface area (TPSA) is 29.5 Å². The first-order chi connectivity index (χ1) is 8.11. The number of rotatable bonds is 6. The molecule has 0 atom stereocenters. The molecule has 94 valence electrons. The van der Waals surface area contributed by atoms with Crippen molar-refractivity contribution in [3.63, 3.8) is 0 Å². The molecular weight excluding hydrogens is 238 g/mol. The van der Waals surface area contributed by atoms with E-state index in [0.717, 1.165) is 24.5 Å². The van der Waals surface area contributed by atoms with Gasteiger partial charge >= 0.3 is 5.97 Å². The van der Waals surface area contributed by atoms with E-state index in [0.29, 0.717) is 6.42 Å². The third-order valence-electron chi connectivity index (χ3n) is 2.62. The van der Waals surface area contributed by atoms with Gasteiger partial charge in [0.2, 0.25) is 0 Å². The lowest BCUT2D eigenvalue weighted by molar-refractivity contribution is -0.140. The maximum absolute atomic E-state index is 11.0. The van der Waals surface area contributed by atoms with Crippen molar-refractivity contribution in [3.8, 4) is 0 Å². The van der Waals surface area contributed by atoms with Crippen molar-refractivity contribution >= 4 is 17.6 Å². The highest BCUT2D eigenvalue weighted by atomic mass is 35.5. The predicted molar refractivity (Wildman–Crippen MR) is 69.3 cm³/mol. The summed E-state index contributed by atoms with van der Waals surface area (Å²) in [5.41, 5.74) is 1.25. The molecule has 0 saturated carbocycles. The van der Waals surface area contributed by atoms with Gasteiger partial charge in [-0.1, -0.05) is 23.7 Å². The Hall–Kier alpha value is -1.06. The molecule has 0 fully saturated rings. The molecule has 0 aliphatic rings. The minimum absolute atomic E-state index is 0.164. The lowest BCUT2D eigenvalue weighted by atomic mass is 10.1. The van der Waals surface area contributed by atoms with E-state index in [1.807, 2.05) is 31.3 Å².